The average Bonchev–Trinajstić information content (AvgIpc) is 3.30. The number of imidazole rings is 1. The third kappa shape index (κ3) is 2.96. The molecule has 0 saturated heterocycles. The molecule has 11 nitrogen and oxygen atoms in total. The Balaban J connectivity index is 1.68. The maximum atomic E-state index is 12.6. The minimum atomic E-state index is -0.555. The topological polar surface area (TPSA) is 126 Å². The smallest absolute Gasteiger partial charge is 0.332 e. The molecule has 1 N–H and O–H groups in total. The minimum absolute atomic E-state index is 0.0348. The first-order valence-electron chi connectivity index (χ1n) is 8.63. The van der Waals surface area contributed by atoms with E-state index < -0.39 is 17.2 Å². The molecule has 0 aliphatic carbocycles. The van der Waals surface area contributed by atoms with E-state index in [0.717, 1.165) is 4.57 Å². The van der Waals surface area contributed by atoms with Gasteiger partial charge in [-0.1, -0.05) is 0 Å². The van der Waals surface area contributed by atoms with Gasteiger partial charge in [0, 0.05) is 25.7 Å². The van der Waals surface area contributed by atoms with Crippen molar-refractivity contribution in [1.29, 1.82) is 0 Å². The summed E-state index contributed by atoms with van der Waals surface area (Å²) in [6.07, 6.45) is 1.32. The molecule has 1 amide bonds. The number of ether oxygens (including phenoxy) is 2. The molecule has 0 saturated carbocycles. The van der Waals surface area contributed by atoms with Crippen LogP contribution in [0, 0.1) is 0 Å². The molecule has 11 heteroatoms. The largest absolute Gasteiger partial charge is 0.454 e. The summed E-state index contributed by atoms with van der Waals surface area (Å²) in [7, 11) is 2.85. The maximum absolute atomic E-state index is 12.6. The van der Waals surface area contributed by atoms with Crippen LogP contribution in [0.3, 0.4) is 0 Å². The number of carbonyl (C=O) groups excluding carboxylic acids is 2. The van der Waals surface area contributed by atoms with Gasteiger partial charge in [-0.15, -0.1) is 0 Å². The maximum Gasteiger partial charge on any atom is 0.332 e. The highest BCUT2D eigenvalue weighted by Crippen LogP contribution is 2.37. The van der Waals surface area contributed by atoms with Gasteiger partial charge in [-0.25, -0.2) is 9.78 Å². The van der Waals surface area contributed by atoms with Gasteiger partial charge < -0.3 is 19.4 Å². The van der Waals surface area contributed by atoms with Crippen LogP contribution in [0.1, 0.15) is 17.3 Å². The van der Waals surface area contributed by atoms with Gasteiger partial charge in [0.15, 0.2) is 28.4 Å². The second-order valence-electron chi connectivity index (χ2n) is 6.61. The average molecular weight is 399 g/mol. The monoisotopic (exact) mass is 399 g/mol. The van der Waals surface area contributed by atoms with Gasteiger partial charge in [-0.05, 0) is 13.0 Å². The van der Waals surface area contributed by atoms with Crippen molar-refractivity contribution in [3.63, 3.8) is 0 Å². The lowest BCUT2D eigenvalue weighted by Crippen LogP contribution is -2.37. The molecular weight excluding hydrogens is 382 g/mol. The van der Waals surface area contributed by atoms with Crippen LogP contribution in [0.5, 0.6) is 11.5 Å². The highest BCUT2D eigenvalue weighted by molar-refractivity contribution is 6.04. The molecule has 1 aliphatic heterocycles. The van der Waals surface area contributed by atoms with E-state index in [1.165, 1.54) is 48.6 Å². The van der Waals surface area contributed by atoms with Crippen LogP contribution in [0.25, 0.3) is 11.2 Å². The Morgan fingerprint density at radius 2 is 1.83 bits per heavy atom. The lowest BCUT2D eigenvalue weighted by Gasteiger charge is -2.11. The number of carbonyl (C=O) groups is 2. The van der Waals surface area contributed by atoms with E-state index in [4.69, 9.17) is 9.47 Å². The molecule has 3 aromatic rings. The van der Waals surface area contributed by atoms with Gasteiger partial charge >= 0.3 is 5.69 Å². The normalized spacial score (nSPS) is 12.4. The highest BCUT2D eigenvalue weighted by Gasteiger charge is 2.21. The van der Waals surface area contributed by atoms with Crippen LogP contribution < -0.4 is 26.0 Å². The van der Waals surface area contributed by atoms with Crippen LogP contribution in [0.2, 0.25) is 0 Å². The van der Waals surface area contributed by atoms with Gasteiger partial charge in [0.25, 0.3) is 5.56 Å². The van der Waals surface area contributed by atoms with Crippen LogP contribution in [0.15, 0.2) is 28.0 Å². The Morgan fingerprint density at radius 1 is 1.14 bits per heavy atom. The number of nitrogens with zero attached hydrogens (tertiary/aromatic N) is 4. The summed E-state index contributed by atoms with van der Waals surface area (Å²) in [5, 5.41) is 2.66. The number of rotatable bonds is 4. The van der Waals surface area contributed by atoms with Crippen molar-refractivity contribution >= 4 is 28.5 Å². The molecule has 4 rings (SSSR count). The van der Waals surface area contributed by atoms with E-state index in [2.05, 4.69) is 10.3 Å². The first-order valence-corrected chi connectivity index (χ1v) is 8.63. The predicted octanol–water partition coefficient (Wildman–Crippen LogP) is 0.00370. The van der Waals surface area contributed by atoms with Gasteiger partial charge in [0.2, 0.25) is 12.7 Å². The zero-order valence-electron chi connectivity index (χ0n) is 15.9. The molecule has 0 atom stereocenters. The summed E-state index contributed by atoms with van der Waals surface area (Å²) in [5.74, 6) is 0.109. The number of hydrogen-bond acceptors (Lipinski definition) is 7. The molecule has 0 spiro atoms. The van der Waals surface area contributed by atoms with E-state index in [0.29, 0.717) is 11.5 Å². The zero-order chi connectivity index (χ0) is 20.9. The predicted molar refractivity (Wildman–Crippen MR) is 101 cm³/mol. The minimum Gasteiger partial charge on any atom is -0.454 e. The summed E-state index contributed by atoms with van der Waals surface area (Å²) in [6.45, 7) is 1.17. The van der Waals surface area contributed by atoms with Crippen LogP contribution in [0.4, 0.5) is 5.69 Å². The fraction of sp³-hybridized carbons (Fsp3) is 0.278. The number of benzene rings is 1. The molecule has 0 bridgehead atoms. The molecule has 150 valence electrons. The number of ketones is 1. The lowest BCUT2D eigenvalue weighted by atomic mass is 10.1. The number of Topliss-reactive ketones (excluding diaryl/α,β-unsaturated/α-hetero) is 1. The highest BCUT2D eigenvalue weighted by atomic mass is 16.7. The SMILES string of the molecule is CC(=O)c1cc2c(cc1NC(=O)Cn1cnc3c1c(=O)n(C)c(=O)n3C)OCO2. The lowest BCUT2D eigenvalue weighted by molar-refractivity contribution is -0.116. The fourth-order valence-corrected chi connectivity index (χ4v) is 3.20. The zero-order valence-corrected chi connectivity index (χ0v) is 15.9. The Labute approximate surface area is 163 Å². The number of anilines is 1. The van der Waals surface area contributed by atoms with E-state index in [1.807, 2.05) is 0 Å². The van der Waals surface area contributed by atoms with Crippen molar-refractivity contribution in [1.82, 2.24) is 18.7 Å². The van der Waals surface area contributed by atoms with Gasteiger partial charge in [0.1, 0.15) is 6.54 Å². The molecule has 1 aromatic carbocycles. The Kier molecular flexibility index (Phi) is 4.22. The summed E-state index contributed by atoms with van der Waals surface area (Å²) >= 11 is 0. The standard InChI is InChI=1S/C18H17N5O6/c1-9(24)10-4-12-13(29-8-28-12)5-11(10)20-14(25)6-23-7-19-16-15(23)17(26)22(3)18(27)21(16)2/h4-5,7H,6,8H2,1-3H3,(H,20,25). The molecule has 0 radical (unpaired) electrons. The van der Waals surface area contributed by atoms with E-state index in [9.17, 15) is 19.2 Å². The number of amides is 1. The molecule has 0 unspecified atom stereocenters. The van der Waals surface area contributed by atoms with Crippen LogP contribution in [-0.4, -0.2) is 37.2 Å². The Morgan fingerprint density at radius 3 is 2.52 bits per heavy atom. The number of aromatic nitrogens is 4. The second kappa shape index (κ2) is 6.62. The molecular formula is C18H17N5O6. The van der Waals surface area contributed by atoms with Gasteiger partial charge in [0.05, 0.1) is 12.0 Å². The first-order chi connectivity index (χ1) is 13.8. The first kappa shape index (κ1) is 18.5. The van der Waals surface area contributed by atoms with E-state index in [-0.39, 0.29) is 41.5 Å². The van der Waals surface area contributed by atoms with E-state index in [1.54, 1.807) is 0 Å². The molecule has 3 heterocycles. The molecule has 1 aliphatic rings. The third-order valence-corrected chi connectivity index (χ3v) is 4.70. The summed E-state index contributed by atoms with van der Waals surface area (Å²) < 4.78 is 14.1. The number of nitrogens with one attached hydrogen (secondary N) is 1. The summed E-state index contributed by atoms with van der Waals surface area (Å²) in [4.78, 5) is 53.1. The molecule has 29 heavy (non-hydrogen) atoms. The van der Waals surface area contributed by atoms with Gasteiger partial charge in [-0.3, -0.25) is 23.5 Å². The van der Waals surface area contributed by atoms with Crippen molar-refractivity contribution < 1.29 is 19.1 Å². The summed E-state index contributed by atoms with van der Waals surface area (Å²) in [6, 6.07) is 3.03. The van der Waals surface area contributed by atoms with Crippen LogP contribution in [-0.2, 0) is 25.4 Å². The molecule has 2 aromatic heterocycles. The summed E-state index contributed by atoms with van der Waals surface area (Å²) in [5.41, 5.74) is -0.210. The molecule has 0 fully saturated rings. The van der Waals surface area contributed by atoms with Crippen molar-refractivity contribution in [2.45, 2.75) is 13.5 Å². The Bertz CT molecular complexity index is 1300. The van der Waals surface area contributed by atoms with Crippen molar-refractivity contribution in [3.05, 3.63) is 44.9 Å². The Hall–Kier alpha value is -3.89. The van der Waals surface area contributed by atoms with Crippen molar-refractivity contribution in [2.75, 3.05) is 12.1 Å². The van der Waals surface area contributed by atoms with Crippen molar-refractivity contribution in [2.24, 2.45) is 14.1 Å². The van der Waals surface area contributed by atoms with E-state index >= 15 is 0 Å². The third-order valence-electron chi connectivity index (χ3n) is 4.70. The number of aryl methyl sites for hydroxylation is 1. The van der Waals surface area contributed by atoms with Crippen molar-refractivity contribution in [3.8, 4) is 11.5 Å². The quantitative estimate of drug-likeness (QED) is 0.612. The number of fused-ring (bicyclic) bond motifs is 2. The van der Waals surface area contributed by atoms with Crippen LogP contribution >= 0.6 is 0 Å². The second-order valence-corrected chi connectivity index (χ2v) is 6.61. The number of hydrogen-bond donors (Lipinski definition) is 1. The fourth-order valence-electron chi connectivity index (χ4n) is 3.20. The van der Waals surface area contributed by atoms with Gasteiger partial charge in [-0.2, -0.15) is 0 Å².